The highest BCUT2D eigenvalue weighted by Gasteiger charge is 2.37. The molecule has 3 aromatic rings. The summed E-state index contributed by atoms with van der Waals surface area (Å²) in [5, 5.41) is 16.2. The lowest BCUT2D eigenvalue weighted by molar-refractivity contribution is -0.122. The predicted molar refractivity (Wildman–Crippen MR) is 137 cm³/mol. The van der Waals surface area contributed by atoms with Crippen LogP contribution >= 0.6 is 8.41 Å². The third-order valence-electron chi connectivity index (χ3n) is 6.23. The number of nitrogens with two attached hydrogens (primary N) is 1. The van der Waals surface area contributed by atoms with E-state index >= 15 is 0 Å². The molecule has 4 rings (SSSR count). The summed E-state index contributed by atoms with van der Waals surface area (Å²) in [6, 6.07) is -0.621. The number of nitrogens with zero attached hydrogens (tertiary/aromatic N) is 4. The number of H-pyrrole nitrogens is 2. The van der Waals surface area contributed by atoms with Gasteiger partial charge in [-0.3, -0.25) is 19.1 Å². The van der Waals surface area contributed by atoms with Gasteiger partial charge in [-0.1, -0.05) is 17.4 Å². The first-order valence-corrected chi connectivity index (χ1v) is 13.3. The Morgan fingerprint density at radius 1 is 1.38 bits per heavy atom. The Kier molecular flexibility index (Phi) is 8.85. The van der Waals surface area contributed by atoms with E-state index in [1.165, 1.54) is 6.33 Å². The molecule has 7 N–H and O–H groups in total. The minimum Gasteiger partial charge on any atom is -0.390 e. The molecular weight excluding hydrogens is 501 g/mol. The molecule has 4 heterocycles. The smallest absolute Gasteiger partial charge is 0.388 e. The molecule has 0 aromatic carbocycles. The highest BCUT2D eigenvalue weighted by molar-refractivity contribution is 7.23. The van der Waals surface area contributed by atoms with Crippen LogP contribution in [0.25, 0.3) is 11.2 Å². The number of rotatable bonds is 14. The fourth-order valence-electron chi connectivity index (χ4n) is 4.22. The average Bonchev–Trinajstić information content (AvgIpc) is 3.61. The number of fused-ring (bicyclic) bond motifs is 1. The topological polar surface area (TPSA) is 206 Å². The number of aromatic nitrogens is 6. The van der Waals surface area contributed by atoms with Gasteiger partial charge in [0, 0.05) is 37.8 Å². The summed E-state index contributed by atoms with van der Waals surface area (Å²) in [4.78, 5) is 42.7. The summed E-state index contributed by atoms with van der Waals surface area (Å²) in [5.74, 6) is 0.109. The van der Waals surface area contributed by atoms with Crippen LogP contribution in [0.2, 0.25) is 0 Å². The molecule has 200 valence electrons. The molecule has 1 aliphatic rings. The van der Waals surface area contributed by atoms with Crippen molar-refractivity contribution < 1.29 is 19.2 Å². The quantitative estimate of drug-likeness (QED) is 0.122. The van der Waals surface area contributed by atoms with Crippen LogP contribution in [0.3, 0.4) is 0 Å². The molecule has 1 aliphatic heterocycles. The number of ether oxygens (including phenoxy) is 1. The van der Waals surface area contributed by atoms with Gasteiger partial charge in [0.2, 0.25) is 11.9 Å². The van der Waals surface area contributed by atoms with Crippen molar-refractivity contribution in [2.24, 2.45) is 5.73 Å². The Morgan fingerprint density at radius 2 is 2.19 bits per heavy atom. The second kappa shape index (κ2) is 12.9. The molecule has 1 fully saturated rings. The highest BCUT2D eigenvalue weighted by Crippen LogP contribution is 2.31. The molecule has 5 unspecified atom stereocenters. The number of hydrogen-bond acceptors (Lipinski definition) is 10. The molecular formula is C22H33N9O5P+. The van der Waals surface area contributed by atoms with E-state index in [9.17, 15) is 19.3 Å². The predicted octanol–water partition coefficient (Wildman–Crippen LogP) is 0.174. The van der Waals surface area contributed by atoms with Gasteiger partial charge in [-0.2, -0.15) is 4.98 Å². The number of hydrogen-bond donors (Lipinski definition) is 6. The van der Waals surface area contributed by atoms with Gasteiger partial charge in [-0.25, -0.2) is 9.97 Å². The van der Waals surface area contributed by atoms with Crippen molar-refractivity contribution in [3.63, 3.8) is 0 Å². The van der Waals surface area contributed by atoms with E-state index in [0.717, 1.165) is 31.4 Å². The monoisotopic (exact) mass is 536 g/mol. The van der Waals surface area contributed by atoms with Crippen LogP contribution in [0.15, 0.2) is 23.6 Å². The molecule has 0 aliphatic carbocycles. The molecule has 1 amide bonds. The van der Waals surface area contributed by atoms with Crippen LogP contribution in [0.4, 0.5) is 5.95 Å². The lowest BCUT2D eigenvalue weighted by Crippen LogP contribution is -2.42. The SMILES string of the molecule is [3H][P+](=O)CC1OC(n2cnc3c(=O)[nH]c(NCCCCCCNC(=O)C(N)Cc4cnc[nH]4)nc32)CC1O. The average molecular weight is 537 g/mol. The van der Waals surface area contributed by atoms with Gasteiger partial charge in [-0.15, -0.1) is 0 Å². The Hall–Kier alpha value is -3.19. The number of nitrogens with one attached hydrogen (secondary N) is 4. The number of amides is 1. The van der Waals surface area contributed by atoms with Crippen LogP contribution < -0.4 is 21.9 Å². The Labute approximate surface area is 215 Å². The van der Waals surface area contributed by atoms with Crippen molar-refractivity contribution in [2.45, 2.75) is 63.0 Å². The van der Waals surface area contributed by atoms with Crippen LogP contribution in [-0.4, -0.2) is 79.3 Å². The van der Waals surface area contributed by atoms with Crippen LogP contribution in [-0.2, 0) is 20.5 Å². The summed E-state index contributed by atoms with van der Waals surface area (Å²) < 4.78 is 25.9. The van der Waals surface area contributed by atoms with E-state index in [1.807, 2.05) is 0 Å². The molecule has 0 radical (unpaired) electrons. The summed E-state index contributed by atoms with van der Waals surface area (Å²) >= 11 is 0. The minimum absolute atomic E-state index is 0.0632. The van der Waals surface area contributed by atoms with Gasteiger partial charge in [0.05, 0.1) is 24.8 Å². The molecule has 5 atom stereocenters. The van der Waals surface area contributed by atoms with Crippen molar-refractivity contribution in [3.8, 4) is 0 Å². The molecule has 37 heavy (non-hydrogen) atoms. The first-order chi connectivity index (χ1) is 18.3. The van der Waals surface area contributed by atoms with Crippen LogP contribution in [0, 0.1) is 0 Å². The number of carbonyl (C=O) groups is 1. The van der Waals surface area contributed by atoms with Gasteiger partial charge >= 0.3 is 9.68 Å². The van der Waals surface area contributed by atoms with Gasteiger partial charge in [-0.05, 0) is 12.8 Å². The number of imidazole rings is 2. The van der Waals surface area contributed by atoms with Crippen LogP contribution in [0.1, 0.15) is 44.0 Å². The van der Waals surface area contributed by atoms with E-state index in [4.69, 9.17) is 11.7 Å². The maximum Gasteiger partial charge on any atom is 0.388 e. The number of aromatic amines is 2. The fourth-order valence-corrected chi connectivity index (χ4v) is 4.70. The largest absolute Gasteiger partial charge is 0.390 e. The summed E-state index contributed by atoms with van der Waals surface area (Å²) in [7, 11) is -2.20. The zero-order chi connectivity index (χ0) is 27.1. The second-order valence-corrected chi connectivity index (χ2v) is 9.63. The lowest BCUT2D eigenvalue weighted by Gasteiger charge is -2.13. The van der Waals surface area contributed by atoms with Crippen molar-refractivity contribution in [1.82, 2.24) is 34.8 Å². The molecule has 0 bridgehead atoms. The first kappa shape index (κ1) is 25.5. The number of carbonyl (C=O) groups excluding carboxylic acids is 1. The van der Waals surface area contributed by atoms with Crippen molar-refractivity contribution in [2.75, 3.05) is 24.6 Å². The maximum absolute atomic E-state index is 12.5. The zero-order valence-electron chi connectivity index (χ0n) is 21.3. The number of aliphatic hydroxyl groups is 1. The van der Waals surface area contributed by atoms with E-state index < -0.39 is 38.4 Å². The number of anilines is 1. The maximum atomic E-state index is 12.5. The molecule has 0 spiro atoms. The van der Waals surface area contributed by atoms with Crippen molar-refractivity contribution >= 4 is 31.4 Å². The Bertz CT molecular complexity index is 1280. The molecule has 3 aromatic heterocycles. The standard InChI is InChI=1S/C22H32N9O5P/c23-14(7-13-9-24-11-27-13)20(33)25-5-3-1-2-4-6-26-22-29-19-18(21(34)30-22)28-12-31(19)17-8-15(32)16(36-17)10-37-35/h9,11-12,14-17,32H,1-8,10,23H2,(H,24,27)(H,25,33)(H2,26,29,30,34)/p+1/i/hT. The normalized spacial score (nSPS) is 21.1. The van der Waals surface area contributed by atoms with Crippen molar-refractivity contribution in [3.05, 3.63) is 34.9 Å². The third-order valence-corrected chi connectivity index (χ3v) is 6.74. The molecule has 1 saturated heterocycles. The fraction of sp³-hybridized carbons (Fsp3) is 0.591. The van der Waals surface area contributed by atoms with Gasteiger partial charge < -0.3 is 31.2 Å². The van der Waals surface area contributed by atoms with E-state index in [-0.39, 0.29) is 24.0 Å². The number of aliphatic hydroxyl groups excluding tert-OH is 1. The molecule has 0 saturated carbocycles. The molecule has 15 heteroatoms. The van der Waals surface area contributed by atoms with Crippen LogP contribution in [0.5, 0.6) is 0 Å². The highest BCUT2D eigenvalue weighted by atomic mass is 31.1. The summed E-state index contributed by atoms with van der Waals surface area (Å²) in [6.07, 6.45) is 6.47. The van der Waals surface area contributed by atoms with Gasteiger partial charge in [0.25, 0.3) is 5.56 Å². The van der Waals surface area contributed by atoms with Gasteiger partial charge in [0.15, 0.2) is 17.3 Å². The zero-order valence-corrected chi connectivity index (χ0v) is 21.2. The first-order valence-electron chi connectivity index (χ1n) is 12.7. The summed E-state index contributed by atoms with van der Waals surface area (Å²) in [5.41, 5.74) is 6.79. The Morgan fingerprint density at radius 3 is 2.95 bits per heavy atom. The minimum atomic E-state index is -2.20. The third kappa shape index (κ3) is 6.98. The molecule has 14 nitrogen and oxygen atoms in total. The lowest BCUT2D eigenvalue weighted by atomic mass is 10.1. The van der Waals surface area contributed by atoms with Gasteiger partial charge in [0.1, 0.15) is 12.3 Å². The van der Waals surface area contributed by atoms with Crippen molar-refractivity contribution in [1.29, 1.82) is 1.28 Å². The Balaban J connectivity index is 1.19. The van der Waals surface area contributed by atoms with E-state index in [1.54, 1.807) is 17.1 Å². The number of unbranched alkanes of at least 4 members (excludes halogenated alkanes) is 3. The second-order valence-electron chi connectivity index (χ2n) is 9.00. The van der Waals surface area contributed by atoms with E-state index in [2.05, 4.69) is 35.6 Å². The van der Waals surface area contributed by atoms with E-state index in [0.29, 0.717) is 31.1 Å². The summed E-state index contributed by atoms with van der Waals surface area (Å²) in [6.45, 7) is 1.14.